The van der Waals surface area contributed by atoms with E-state index in [0.29, 0.717) is 5.56 Å². The topological polar surface area (TPSA) is 65.4 Å². The van der Waals surface area contributed by atoms with Gasteiger partial charge in [-0.25, -0.2) is 0 Å². The molecule has 0 aromatic carbocycles. The van der Waals surface area contributed by atoms with Crippen LogP contribution >= 0.6 is 0 Å². The van der Waals surface area contributed by atoms with Gasteiger partial charge >= 0.3 is 0 Å². The molecule has 2 rings (SSSR count). The fraction of sp³-hybridized carbons (Fsp3) is 0.300. The van der Waals surface area contributed by atoms with Gasteiger partial charge in [0.1, 0.15) is 11.6 Å². The molecule has 0 aliphatic carbocycles. The highest BCUT2D eigenvalue weighted by Crippen LogP contribution is 2.17. The summed E-state index contributed by atoms with van der Waals surface area (Å²) in [4.78, 5) is 3.89. The lowest BCUT2D eigenvalue weighted by Crippen LogP contribution is -1.80. The number of H-pyrrole nitrogens is 1. The summed E-state index contributed by atoms with van der Waals surface area (Å²) in [5.41, 5.74) is 2.22. The summed E-state index contributed by atoms with van der Waals surface area (Å²) in [6.07, 6.45) is 3.19. The Bertz CT molecular complexity index is 464. The minimum atomic E-state index is 0.568. The first-order chi connectivity index (χ1) is 6.83. The Labute approximate surface area is 82.6 Å². The van der Waals surface area contributed by atoms with Gasteiger partial charge in [-0.05, 0) is 6.92 Å². The van der Waals surface area contributed by atoms with E-state index in [4.69, 9.17) is 5.26 Å². The maximum absolute atomic E-state index is 8.75. The molecule has 1 N–H and O–H groups in total. The van der Waals surface area contributed by atoms with Crippen molar-refractivity contribution >= 4 is 10.9 Å². The van der Waals surface area contributed by atoms with E-state index in [1.807, 2.05) is 20.8 Å². The number of pyridine rings is 1. The number of nitrogens with zero attached hydrogens (tertiary/aromatic N) is 3. The molecule has 0 amide bonds. The zero-order valence-corrected chi connectivity index (χ0v) is 8.50. The molecule has 0 bridgehead atoms. The van der Waals surface area contributed by atoms with Gasteiger partial charge in [-0.1, -0.05) is 13.8 Å². The van der Waals surface area contributed by atoms with Crippen LogP contribution in [0.3, 0.4) is 0 Å². The number of hydrogen-bond acceptors (Lipinski definition) is 3. The number of nitrogens with one attached hydrogen (secondary N) is 1. The van der Waals surface area contributed by atoms with Gasteiger partial charge in [0.25, 0.3) is 0 Å². The van der Waals surface area contributed by atoms with E-state index < -0.39 is 0 Å². The van der Waals surface area contributed by atoms with E-state index in [0.717, 1.165) is 16.6 Å². The zero-order chi connectivity index (χ0) is 10.6. The molecule has 0 atom stereocenters. The van der Waals surface area contributed by atoms with Crippen molar-refractivity contribution in [2.75, 3.05) is 0 Å². The molecule has 0 unspecified atom stereocenters. The predicted octanol–water partition coefficient (Wildman–Crippen LogP) is 2.16. The first kappa shape index (κ1) is 10.2. The third-order valence-corrected chi connectivity index (χ3v) is 1.77. The monoisotopic (exact) mass is 188 g/mol. The summed E-state index contributed by atoms with van der Waals surface area (Å²) in [7, 11) is 0. The molecule has 2 aromatic heterocycles. The predicted molar refractivity (Wildman–Crippen MR) is 54.7 cm³/mol. The highest BCUT2D eigenvalue weighted by atomic mass is 15.1. The lowest BCUT2D eigenvalue weighted by atomic mass is 10.2. The van der Waals surface area contributed by atoms with E-state index in [1.54, 1.807) is 12.4 Å². The summed E-state index contributed by atoms with van der Waals surface area (Å²) in [6.45, 7) is 5.89. The lowest BCUT2D eigenvalue weighted by Gasteiger charge is -1.90. The normalized spacial score (nSPS) is 9.00. The molecule has 72 valence electrons. The van der Waals surface area contributed by atoms with Crippen LogP contribution in [0.1, 0.15) is 25.1 Å². The van der Waals surface area contributed by atoms with E-state index in [1.165, 1.54) is 0 Å². The maximum atomic E-state index is 8.75. The van der Waals surface area contributed by atoms with Crippen molar-refractivity contribution in [3.63, 3.8) is 0 Å². The van der Waals surface area contributed by atoms with E-state index in [2.05, 4.69) is 21.3 Å². The summed E-state index contributed by atoms with van der Waals surface area (Å²) in [5, 5.41) is 16.4. The molecule has 0 fully saturated rings. The Kier molecular flexibility index (Phi) is 3.19. The van der Waals surface area contributed by atoms with Crippen LogP contribution in [-0.4, -0.2) is 15.2 Å². The summed E-state index contributed by atoms with van der Waals surface area (Å²) < 4.78 is 0. The quantitative estimate of drug-likeness (QED) is 0.689. The number of nitriles is 1. The number of hydrogen-bond donors (Lipinski definition) is 1. The molecule has 14 heavy (non-hydrogen) atoms. The SMILES string of the molecule is CC.Cc1[nH]nc2cncc(C#N)c12. The fourth-order valence-electron chi connectivity index (χ4n) is 1.21. The molecule has 0 saturated heterocycles. The largest absolute Gasteiger partial charge is 0.282 e. The smallest absolute Gasteiger partial charge is 0.112 e. The number of aromatic nitrogens is 3. The molecule has 0 spiro atoms. The second-order valence-corrected chi connectivity index (χ2v) is 2.54. The average Bonchev–Trinajstić information content (AvgIpc) is 2.64. The third-order valence-electron chi connectivity index (χ3n) is 1.77. The Morgan fingerprint density at radius 3 is 2.71 bits per heavy atom. The highest BCUT2D eigenvalue weighted by Gasteiger charge is 2.05. The van der Waals surface area contributed by atoms with Crippen LogP contribution in [0.25, 0.3) is 10.9 Å². The summed E-state index contributed by atoms with van der Waals surface area (Å²) in [6, 6.07) is 2.07. The van der Waals surface area contributed by atoms with Crippen molar-refractivity contribution < 1.29 is 0 Å². The van der Waals surface area contributed by atoms with Gasteiger partial charge in [-0.15, -0.1) is 0 Å². The van der Waals surface area contributed by atoms with Crippen LogP contribution in [0.2, 0.25) is 0 Å². The Morgan fingerprint density at radius 1 is 1.36 bits per heavy atom. The Balaban J connectivity index is 0.000000461. The molecule has 2 heterocycles. The number of rotatable bonds is 0. The van der Waals surface area contributed by atoms with Crippen LogP contribution in [0.4, 0.5) is 0 Å². The minimum absolute atomic E-state index is 0.568. The standard InChI is InChI=1S/C8H6N4.C2H6/c1-5-8-6(2-9)3-10-4-7(8)12-11-5;1-2/h3-4H,1H3,(H,11,12);1-2H3. The van der Waals surface area contributed by atoms with E-state index in [-0.39, 0.29) is 0 Å². The van der Waals surface area contributed by atoms with Crippen molar-refractivity contribution in [3.8, 4) is 6.07 Å². The van der Waals surface area contributed by atoms with Crippen molar-refractivity contribution in [2.24, 2.45) is 0 Å². The van der Waals surface area contributed by atoms with Crippen LogP contribution in [-0.2, 0) is 0 Å². The summed E-state index contributed by atoms with van der Waals surface area (Å²) >= 11 is 0. The molecule has 2 aromatic rings. The Morgan fingerprint density at radius 2 is 2.07 bits per heavy atom. The first-order valence-electron chi connectivity index (χ1n) is 4.51. The second-order valence-electron chi connectivity index (χ2n) is 2.54. The molecule has 4 heteroatoms. The van der Waals surface area contributed by atoms with Crippen LogP contribution in [0.5, 0.6) is 0 Å². The fourth-order valence-corrected chi connectivity index (χ4v) is 1.21. The Hall–Kier alpha value is -1.89. The van der Waals surface area contributed by atoms with E-state index in [9.17, 15) is 0 Å². The van der Waals surface area contributed by atoms with Gasteiger partial charge in [-0.2, -0.15) is 10.4 Å². The minimum Gasteiger partial charge on any atom is -0.282 e. The summed E-state index contributed by atoms with van der Waals surface area (Å²) in [5.74, 6) is 0. The van der Waals surface area contributed by atoms with Gasteiger partial charge in [0.15, 0.2) is 0 Å². The number of fused-ring (bicyclic) bond motifs is 1. The van der Waals surface area contributed by atoms with Crippen LogP contribution < -0.4 is 0 Å². The van der Waals surface area contributed by atoms with Crippen molar-refractivity contribution in [1.29, 1.82) is 5.26 Å². The second kappa shape index (κ2) is 4.38. The van der Waals surface area contributed by atoms with Crippen molar-refractivity contribution in [1.82, 2.24) is 15.2 Å². The molecule has 4 nitrogen and oxygen atoms in total. The molecule has 0 aliphatic heterocycles. The highest BCUT2D eigenvalue weighted by molar-refractivity contribution is 5.85. The van der Waals surface area contributed by atoms with Gasteiger partial charge in [0.2, 0.25) is 0 Å². The first-order valence-corrected chi connectivity index (χ1v) is 4.51. The maximum Gasteiger partial charge on any atom is 0.112 e. The van der Waals surface area contributed by atoms with Crippen molar-refractivity contribution in [2.45, 2.75) is 20.8 Å². The van der Waals surface area contributed by atoms with Gasteiger partial charge in [0.05, 0.1) is 11.8 Å². The van der Waals surface area contributed by atoms with Gasteiger partial charge < -0.3 is 0 Å². The average molecular weight is 188 g/mol. The van der Waals surface area contributed by atoms with Crippen molar-refractivity contribution in [3.05, 3.63) is 23.7 Å². The molecule has 0 aliphatic rings. The van der Waals surface area contributed by atoms with Gasteiger partial charge in [-0.3, -0.25) is 10.1 Å². The zero-order valence-electron chi connectivity index (χ0n) is 8.50. The molecular weight excluding hydrogens is 176 g/mol. The van der Waals surface area contributed by atoms with E-state index >= 15 is 0 Å². The lowest BCUT2D eigenvalue weighted by molar-refractivity contribution is 1.07. The number of aryl methyl sites for hydroxylation is 1. The number of aromatic amines is 1. The molecule has 0 radical (unpaired) electrons. The molecular formula is C10H12N4. The van der Waals surface area contributed by atoms with Gasteiger partial charge in [0, 0.05) is 17.3 Å². The third kappa shape index (κ3) is 1.57. The van der Waals surface area contributed by atoms with Crippen LogP contribution in [0.15, 0.2) is 12.4 Å². The van der Waals surface area contributed by atoms with Crippen LogP contribution in [0, 0.1) is 18.3 Å². The molecule has 0 saturated carbocycles.